The first-order valence-electron chi connectivity index (χ1n) is 13.1. The molecule has 0 aliphatic carbocycles. The lowest BCUT2D eigenvalue weighted by atomic mass is 10.1. The van der Waals surface area contributed by atoms with Gasteiger partial charge in [0.05, 0.1) is 24.8 Å². The Morgan fingerprint density at radius 3 is 2.17 bits per heavy atom. The van der Waals surface area contributed by atoms with Gasteiger partial charge in [-0.25, -0.2) is 8.42 Å². The second-order valence-corrected chi connectivity index (χ2v) is 11.1. The molecule has 0 fully saturated rings. The zero-order valence-corrected chi connectivity index (χ0v) is 24.2. The topological polar surface area (TPSA) is 105 Å². The fourth-order valence-corrected chi connectivity index (χ4v) is 5.56. The number of unbranched alkanes of at least 4 members (excludes halogenated alkanes) is 1. The number of hydrogen-bond donors (Lipinski definition) is 1. The average molecular weight is 568 g/mol. The third kappa shape index (κ3) is 7.53. The molecule has 0 saturated carbocycles. The zero-order chi connectivity index (χ0) is 29.1. The summed E-state index contributed by atoms with van der Waals surface area (Å²) in [5, 5.41) is 2.88. The van der Waals surface area contributed by atoms with E-state index in [0.29, 0.717) is 12.3 Å². The second-order valence-electron chi connectivity index (χ2n) is 9.19. The predicted molar refractivity (Wildman–Crippen MR) is 155 cm³/mol. The molecule has 9 nitrogen and oxygen atoms in total. The van der Waals surface area contributed by atoms with Crippen LogP contribution in [0.5, 0.6) is 11.5 Å². The Morgan fingerprint density at radius 1 is 0.925 bits per heavy atom. The summed E-state index contributed by atoms with van der Waals surface area (Å²) >= 11 is 0. The molecular weight excluding hydrogens is 530 g/mol. The summed E-state index contributed by atoms with van der Waals surface area (Å²) in [6.07, 6.45) is 1.72. The number of methoxy groups -OCH3 is 2. The van der Waals surface area contributed by atoms with E-state index in [9.17, 15) is 18.0 Å². The molecule has 3 aromatic carbocycles. The van der Waals surface area contributed by atoms with E-state index in [-0.39, 0.29) is 28.8 Å². The first-order valence-corrected chi connectivity index (χ1v) is 14.6. The Hall–Kier alpha value is -4.05. The van der Waals surface area contributed by atoms with Crippen molar-refractivity contribution < 1.29 is 27.5 Å². The third-order valence-corrected chi connectivity index (χ3v) is 8.23. The molecule has 3 rings (SSSR count). The molecule has 0 saturated heterocycles. The van der Waals surface area contributed by atoms with Crippen LogP contribution in [0.4, 0.5) is 5.69 Å². The van der Waals surface area contributed by atoms with Crippen molar-refractivity contribution in [1.29, 1.82) is 0 Å². The SMILES string of the molecule is CCCCNC(=O)C(C)N(Cc1ccccc1)C(=O)CN(c1cc(OC)ccc1OC)S(=O)(=O)c1ccccc1. The van der Waals surface area contributed by atoms with E-state index in [0.717, 1.165) is 22.7 Å². The molecule has 2 amide bonds. The Bertz CT molecular complexity index is 1370. The molecule has 0 spiro atoms. The largest absolute Gasteiger partial charge is 0.497 e. The van der Waals surface area contributed by atoms with Crippen molar-refractivity contribution >= 4 is 27.5 Å². The number of nitrogens with zero attached hydrogens (tertiary/aromatic N) is 2. The van der Waals surface area contributed by atoms with Gasteiger partial charge < -0.3 is 19.7 Å². The normalized spacial score (nSPS) is 11.8. The highest BCUT2D eigenvalue weighted by molar-refractivity contribution is 7.92. The van der Waals surface area contributed by atoms with Gasteiger partial charge in [-0.2, -0.15) is 0 Å². The van der Waals surface area contributed by atoms with Crippen LogP contribution in [-0.4, -0.2) is 58.5 Å². The lowest BCUT2D eigenvalue weighted by molar-refractivity contribution is -0.139. The van der Waals surface area contributed by atoms with Crippen LogP contribution in [0.1, 0.15) is 32.3 Å². The highest BCUT2D eigenvalue weighted by Crippen LogP contribution is 2.36. The maximum absolute atomic E-state index is 14.0. The number of benzene rings is 3. The fourth-order valence-electron chi connectivity index (χ4n) is 4.12. The van der Waals surface area contributed by atoms with Crippen molar-refractivity contribution in [3.05, 3.63) is 84.4 Å². The predicted octanol–water partition coefficient (Wildman–Crippen LogP) is 4.23. The first kappa shape index (κ1) is 30.5. The number of anilines is 1. The van der Waals surface area contributed by atoms with Crippen LogP contribution in [0.25, 0.3) is 0 Å². The van der Waals surface area contributed by atoms with Crippen LogP contribution in [0.3, 0.4) is 0 Å². The van der Waals surface area contributed by atoms with Crippen molar-refractivity contribution in [3.8, 4) is 11.5 Å². The van der Waals surface area contributed by atoms with Gasteiger partial charge in [-0.1, -0.05) is 61.9 Å². The van der Waals surface area contributed by atoms with E-state index in [2.05, 4.69) is 5.32 Å². The zero-order valence-electron chi connectivity index (χ0n) is 23.4. The van der Waals surface area contributed by atoms with E-state index < -0.39 is 28.5 Å². The molecule has 40 heavy (non-hydrogen) atoms. The number of ether oxygens (including phenoxy) is 2. The molecule has 0 aliphatic heterocycles. The minimum atomic E-state index is -4.23. The van der Waals surface area contributed by atoms with Crippen LogP contribution >= 0.6 is 0 Å². The van der Waals surface area contributed by atoms with Gasteiger partial charge >= 0.3 is 0 Å². The number of carbonyl (C=O) groups is 2. The summed E-state index contributed by atoms with van der Waals surface area (Å²) < 4.78 is 39.8. The fraction of sp³-hybridized carbons (Fsp3) is 0.333. The maximum atomic E-state index is 14.0. The summed E-state index contributed by atoms with van der Waals surface area (Å²) in [5.41, 5.74) is 0.944. The highest BCUT2D eigenvalue weighted by atomic mass is 32.2. The lowest BCUT2D eigenvalue weighted by Crippen LogP contribution is -2.51. The van der Waals surface area contributed by atoms with Crippen molar-refractivity contribution in [3.63, 3.8) is 0 Å². The van der Waals surface area contributed by atoms with Crippen molar-refractivity contribution in [1.82, 2.24) is 10.2 Å². The number of nitrogens with one attached hydrogen (secondary N) is 1. The minimum Gasteiger partial charge on any atom is -0.497 e. The highest BCUT2D eigenvalue weighted by Gasteiger charge is 2.34. The number of amides is 2. The van der Waals surface area contributed by atoms with E-state index >= 15 is 0 Å². The molecule has 3 aromatic rings. The molecule has 0 bridgehead atoms. The third-order valence-electron chi connectivity index (χ3n) is 6.46. The van der Waals surface area contributed by atoms with Crippen LogP contribution in [-0.2, 0) is 26.2 Å². The van der Waals surface area contributed by atoms with Crippen molar-refractivity contribution in [2.75, 3.05) is 31.6 Å². The lowest BCUT2D eigenvalue weighted by Gasteiger charge is -2.32. The molecule has 10 heteroatoms. The molecule has 214 valence electrons. The smallest absolute Gasteiger partial charge is 0.264 e. The van der Waals surface area contributed by atoms with Gasteiger partial charge in [-0.3, -0.25) is 13.9 Å². The van der Waals surface area contributed by atoms with Crippen LogP contribution in [0.15, 0.2) is 83.8 Å². The minimum absolute atomic E-state index is 0.00707. The van der Waals surface area contributed by atoms with Gasteiger partial charge in [0.25, 0.3) is 10.0 Å². The second kappa shape index (κ2) is 14.4. The Balaban J connectivity index is 2.06. The Labute approximate surface area is 236 Å². The average Bonchev–Trinajstić information content (AvgIpc) is 2.98. The molecule has 1 atom stereocenters. The molecule has 0 aliphatic rings. The van der Waals surface area contributed by atoms with Gasteiger partial charge in [0.2, 0.25) is 11.8 Å². The van der Waals surface area contributed by atoms with Gasteiger partial charge in [0, 0.05) is 19.2 Å². The Kier molecular flexibility index (Phi) is 11.0. The summed E-state index contributed by atoms with van der Waals surface area (Å²) in [5.74, 6) is -0.227. The van der Waals surface area contributed by atoms with Gasteiger partial charge in [0.15, 0.2) is 0 Å². The first-order chi connectivity index (χ1) is 19.2. The summed E-state index contributed by atoms with van der Waals surface area (Å²) in [7, 11) is -1.34. The summed E-state index contributed by atoms with van der Waals surface area (Å²) in [4.78, 5) is 28.5. The van der Waals surface area contributed by atoms with E-state index in [1.54, 1.807) is 37.3 Å². The van der Waals surface area contributed by atoms with E-state index in [4.69, 9.17) is 9.47 Å². The molecule has 1 N–H and O–H groups in total. The molecule has 0 radical (unpaired) electrons. The quantitative estimate of drug-likeness (QED) is 0.292. The summed E-state index contributed by atoms with van der Waals surface area (Å²) in [6, 6.07) is 21.0. The van der Waals surface area contributed by atoms with Crippen LogP contribution in [0, 0.1) is 0 Å². The van der Waals surface area contributed by atoms with Crippen molar-refractivity contribution in [2.24, 2.45) is 0 Å². The van der Waals surface area contributed by atoms with Gasteiger partial charge in [0.1, 0.15) is 24.1 Å². The molecular formula is C30H37N3O6S. The standard InChI is InChI=1S/C30H37N3O6S/c1-5-6-19-31-30(35)23(2)32(21-24-13-9-7-10-14-24)29(34)22-33(40(36,37)26-15-11-8-12-16-26)27-20-25(38-3)17-18-28(27)39-4/h7-18,20,23H,5-6,19,21-22H2,1-4H3,(H,31,35). The number of hydrogen-bond acceptors (Lipinski definition) is 6. The van der Waals surface area contributed by atoms with Crippen LogP contribution < -0.4 is 19.1 Å². The van der Waals surface area contributed by atoms with E-state index in [1.807, 2.05) is 37.3 Å². The number of sulfonamides is 1. The number of rotatable bonds is 14. The van der Waals surface area contributed by atoms with Crippen LogP contribution in [0.2, 0.25) is 0 Å². The van der Waals surface area contributed by atoms with Gasteiger partial charge in [-0.15, -0.1) is 0 Å². The van der Waals surface area contributed by atoms with Gasteiger partial charge in [-0.05, 0) is 43.2 Å². The molecule has 0 aromatic heterocycles. The molecule has 1 unspecified atom stereocenters. The molecule has 0 heterocycles. The summed E-state index contributed by atoms with van der Waals surface area (Å²) in [6.45, 7) is 3.71. The van der Waals surface area contributed by atoms with E-state index in [1.165, 1.54) is 37.3 Å². The Morgan fingerprint density at radius 2 is 1.57 bits per heavy atom. The number of carbonyl (C=O) groups excluding carboxylic acids is 2. The van der Waals surface area contributed by atoms with Crippen molar-refractivity contribution in [2.45, 2.75) is 44.2 Å². The maximum Gasteiger partial charge on any atom is 0.264 e. The monoisotopic (exact) mass is 567 g/mol.